The average molecular weight is 243 g/mol. The van der Waals surface area contributed by atoms with Gasteiger partial charge in [-0.3, -0.25) is 4.79 Å². The summed E-state index contributed by atoms with van der Waals surface area (Å²) >= 11 is 0. The van der Waals surface area contributed by atoms with Gasteiger partial charge in [-0.15, -0.1) is 0 Å². The SMILES string of the molecule is C=COCCCCOC(=O)CCCCC(=O)[O-]. The minimum Gasteiger partial charge on any atom is -0.550 e. The van der Waals surface area contributed by atoms with E-state index in [-0.39, 0.29) is 18.8 Å². The van der Waals surface area contributed by atoms with Crippen LogP contribution in [-0.4, -0.2) is 25.2 Å². The van der Waals surface area contributed by atoms with Gasteiger partial charge in [-0.25, -0.2) is 0 Å². The van der Waals surface area contributed by atoms with E-state index in [4.69, 9.17) is 9.47 Å². The van der Waals surface area contributed by atoms with Crippen LogP contribution >= 0.6 is 0 Å². The lowest BCUT2D eigenvalue weighted by Gasteiger charge is -2.05. The summed E-state index contributed by atoms with van der Waals surface area (Å²) in [6.45, 7) is 4.36. The standard InChI is InChI=1S/C12H20O5/c1-2-16-9-5-6-10-17-12(15)8-4-3-7-11(13)14/h2H,1,3-10H2,(H,13,14)/p-1. The van der Waals surface area contributed by atoms with Gasteiger partial charge in [0.15, 0.2) is 0 Å². The summed E-state index contributed by atoms with van der Waals surface area (Å²) in [6.07, 6.45) is 4.16. The van der Waals surface area contributed by atoms with Crippen LogP contribution in [0.4, 0.5) is 0 Å². The molecule has 0 aliphatic rings. The normalized spacial score (nSPS) is 9.65. The van der Waals surface area contributed by atoms with Crippen molar-refractivity contribution in [2.45, 2.75) is 38.5 Å². The Bertz CT molecular complexity index is 237. The van der Waals surface area contributed by atoms with Crippen molar-refractivity contribution in [3.63, 3.8) is 0 Å². The third-order valence-electron chi connectivity index (χ3n) is 2.05. The van der Waals surface area contributed by atoms with Gasteiger partial charge in [0.05, 0.1) is 19.5 Å². The zero-order chi connectivity index (χ0) is 12.9. The van der Waals surface area contributed by atoms with Crippen molar-refractivity contribution < 1.29 is 24.2 Å². The van der Waals surface area contributed by atoms with Crippen LogP contribution in [0.15, 0.2) is 12.8 Å². The third-order valence-corrected chi connectivity index (χ3v) is 2.05. The molecule has 0 bridgehead atoms. The maximum absolute atomic E-state index is 11.1. The van der Waals surface area contributed by atoms with Gasteiger partial charge in [-0.2, -0.15) is 0 Å². The topological polar surface area (TPSA) is 75.7 Å². The lowest BCUT2D eigenvalue weighted by atomic mass is 10.2. The number of hydrogen-bond acceptors (Lipinski definition) is 5. The number of carboxylic acids is 1. The number of ether oxygens (including phenoxy) is 2. The molecular weight excluding hydrogens is 224 g/mol. The van der Waals surface area contributed by atoms with Crippen LogP contribution in [0.1, 0.15) is 38.5 Å². The van der Waals surface area contributed by atoms with E-state index >= 15 is 0 Å². The number of carboxylic acid groups (broad SMARTS) is 1. The Balaban J connectivity index is 3.23. The molecule has 0 aromatic carbocycles. The molecule has 0 amide bonds. The van der Waals surface area contributed by atoms with Gasteiger partial charge in [-0.1, -0.05) is 6.58 Å². The van der Waals surface area contributed by atoms with Gasteiger partial charge in [0.25, 0.3) is 0 Å². The molecule has 0 atom stereocenters. The van der Waals surface area contributed by atoms with Crippen molar-refractivity contribution in [2.24, 2.45) is 0 Å². The van der Waals surface area contributed by atoms with E-state index in [9.17, 15) is 14.7 Å². The molecule has 5 nitrogen and oxygen atoms in total. The average Bonchev–Trinajstić information content (AvgIpc) is 2.29. The Labute approximate surface area is 101 Å². The van der Waals surface area contributed by atoms with Crippen LogP contribution in [-0.2, 0) is 19.1 Å². The molecule has 0 radical (unpaired) electrons. The third kappa shape index (κ3) is 12.4. The summed E-state index contributed by atoms with van der Waals surface area (Å²) in [5, 5.41) is 10.1. The molecule has 0 aliphatic carbocycles. The van der Waals surface area contributed by atoms with E-state index < -0.39 is 5.97 Å². The van der Waals surface area contributed by atoms with Crippen LogP contribution < -0.4 is 5.11 Å². The minimum atomic E-state index is -1.08. The molecule has 0 unspecified atom stereocenters. The number of rotatable bonds is 11. The number of unbranched alkanes of at least 4 members (excludes halogenated alkanes) is 2. The lowest BCUT2D eigenvalue weighted by Crippen LogP contribution is -2.21. The first-order valence-electron chi connectivity index (χ1n) is 5.74. The Hall–Kier alpha value is -1.52. The van der Waals surface area contributed by atoms with Crippen LogP contribution in [0.5, 0.6) is 0 Å². The first-order chi connectivity index (χ1) is 8.16. The van der Waals surface area contributed by atoms with Crippen molar-refractivity contribution in [1.29, 1.82) is 0 Å². The summed E-state index contributed by atoms with van der Waals surface area (Å²) < 4.78 is 9.85. The highest BCUT2D eigenvalue weighted by atomic mass is 16.5. The van der Waals surface area contributed by atoms with Gasteiger partial charge in [0.2, 0.25) is 0 Å². The zero-order valence-corrected chi connectivity index (χ0v) is 9.98. The minimum absolute atomic E-state index is 0.00777. The molecular formula is C12H19O5-. The predicted octanol–water partition coefficient (Wildman–Crippen LogP) is 0.780. The van der Waals surface area contributed by atoms with E-state index in [2.05, 4.69) is 6.58 Å². The maximum Gasteiger partial charge on any atom is 0.305 e. The molecule has 0 heterocycles. The molecule has 0 aromatic rings. The van der Waals surface area contributed by atoms with Gasteiger partial charge < -0.3 is 19.4 Å². The summed E-state index contributed by atoms with van der Waals surface area (Å²) in [4.78, 5) is 21.2. The highest BCUT2D eigenvalue weighted by Crippen LogP contribution is 2.01. The van der Waals surface area contributed by atoms with E-state index in [0.29, 0.717) is 26.1 Å². The molecule has 0 aromatic heterocycles. The smallest absolute Gasteiger partial charge is 0.305 e. The number of esters is 1. The van der Waals surface area contributed by atoms with Gasteiger partial charge >= 0.3 is 5.97 Å². The molecule has 98 valence electrons. The van der Waals surface area contributed by atoms with Crippen LogP contribution in [0.3, 0.4) is 0 Å². The van der Waals surface area contributed by atoms with Gasteiger partial charge in [0.1, 0.15) is 0 Å². The highest BCUT2D eigenvalue weighted by molar-refractivity contribution is 5.69. The lowest BCUT2D eigenvalue weighted by molar-refractivity contribution is -0.305. The first kappa shape index (κ1) is 15.5. The fourth-order valence-corrected chi connectivity index (χ4v) is 1.17. The largest absolute Gasteiger partial charge is 0.550 e. The molecule has 0 saturated heterocycles. The monoisotopic (exact) mass is 243 g/mol. The molecule has 0 saturated carbocycles. The first-order valence-corrected chi connectivity index (χ1v) is 5.74. The Kier molecular flexibility index (Phi) is 10.00. The molecule has 5 heteroatoms. The molecule has 0 fully saturated rings. The fraction of sp³-hybridized carbons (Fsp3) is 0.667. The molecule has 0 spiro atoms. The highest BCUT2D eigenvalue weighted by Gasteiger charge is 2.02. The van der Waals surface area contributed by atoms with Crippen molar-refractivity contribution >= 4 is 11.9 Å². The van der Waals surface area contributed by atoms with Crippen LogP contribution in [0, 0.1) is 0 Å². The van der Waals surface area contributed by atoms with Crippen LogP contribution in [0.25, 0.3) is 0 Å². The van der Waals surface area contributed by atoms with E-state index in [1.165, 1.54) is 6.26 Å². The van der Waals surface area contributed by atoms with Gasteiger partial charge in [-0.05, 0) is 32.1 Å². The summed E-state index contributed by atoms with van der Waals surface area (Å²) in [5.41, 5.74) is 0. The summed E-state index contributed by atoms with van der Waals surface area (Å²) in [6, 6.07) is 0. The predicted molar refractivity (Wildman–Crippen MR) is 59.8 cm³/mol. The maximum atomic E-state index is 11.1. The van der Waals surface area contributed by atoms with Crippen molar-refractivity contribution in [3.8, 4) is 0 Å². The van der Waals surface area contributed by atoms with E-state index in [1.807, 2.05) is 0 Å². The summed E-state index contributed by atoms with van der Waals surface area (Å²) in [7, 11) is 0. The Morgan fingerprint density at radius 3 is 2.35 bits per heavy atom. The zero-order valence-electron chi connectivity index (χ0n) is 9.98. The Morgan fingerprint density at radius 1 is 1.06 bits per heavy atom. The number of carbonyl (C=O) groups excluding carboxylic acids is 2. The number of aliphatic carboxylic acids is 1. The number of hydrogen-bond donors (Lipinski definition) is 0. The fourth-order valence-electron chi connectivity index (χ4n) is 1.17. The summed E-state index contributed by atoms with van der Waals surface area (Å²) in [5.74, 6) is -1.37. The van der Waals surface area contributed by atoms with Crippen molar-refractivity contribution in [1.82, 2.24) is 0 Å². The second-order valence-electron chi connectivity index (χ2n) is 3.54. The molecule has 0 N–H and O–H groups in total. The quantitative estimate of drug-likeness (QED) is 0.304. The number of carbonyl (C=O) groups is 2. The van der Waals surface area contributed by atoms with E-state index in [1.54, 1.807) is 0 Å². The Morgan fingerprint density at radius 2 is 1.71 bits per heavy atom. The second kappa shape index (κ2) is 11.0. The van der Waals surface area contributed by atoms with Gasteiger partial charge in [0, 0.05) is 12.4 Å². The van der Waals surface area contributed by atoms with Crippen LogP contribution in [0.2, 0.25) is 0 Å². The van der Waals surface area contributed by atoms with E-state index in [0.717, 1.165) is 12.8 Å². The van der Waals surface area contributed by atoms with Crippen molar-refractivity contribution in [3.05, 3.63) is 12.8 Å². The molecule has 0 rings (SSSR count). The molecule has 17 heavy (non-hydrogen) atoms. The van der Waals surface area contributed by atoms with Crippen molar-refractivity contribution in [2.75, 3.05) is 13.2 Å². The second-order valence-corrected chi connectivity index (χ2v) is 3.54. The molecule has 0 aliphatic heterocycles.